The summed E-state index contributed by atoms with van der Waals surface area (Å²) in [5, 5.41) is 27.7. The van der Waals surface area contributed by atoms with Crippen molar-refractivity contribution >= 4 is 0 Å². The molecule has 0 spiro atoms. The summed E-state index contributed by atoms with van der Waals surface area (Å²) < 4.78 is 0. The van der Waals surface area contributed by atoms with E-state index in [9.17, 15) is 10.2 Å². The van der Waals surface area contributed by atoms with Gasteiger partial charge in [0.15, 0.2) is 0 Å². The molecule has 3 heteroatoms. The van der Waals surface area contributed by atoms with Gasteiger partial charge in [0.1, 0.15) is 0 Å². The predicted molar refractivity (Wildman–Crippen MR) is 48.0 cm³/mol. The fraction of sp³-hybridized carbons (Fsp3) is 1.00. The molecule has 1 unspecified atom stereocenters. The van der Waals surface area contributed by atoms with Gasteiger partial charge >= 0.3 is 0 Å². The molecule has 2 fully saturated rings. The van der Waals surface area contributed by atoms with E-state index in [0.29, 0.717) is 11.8 Å². The van der Waals surface area contributed by atoms with Gasteiger partial charge in [-0.2, -0.15) is 0 Å². The number of aliphatic hydroxyl groups excluding tert-OH is 3. The summed E-state index contributed by atoms with van der Waals surface area (Å²) >= 11 is 0. The van der Waals surface area contributed by atoms with E-state index in [2.05, 4.69) is 0 Å². The first-order chi connectivity index (χ1) is 6.27. The maximum absolute atomic E-state index is 9.62. The van der Waals surface area contributed by atoms with E-state index in [4.69, 9.17) is 5.11 Å². The van der Waals surface area contributed by atoms with E-state index in [1.54, 1.807) is 0 Å². The van der Waals surface area contributed by atoms with Gasteiger partial charge in [0, 0.05) is 6.61 Å². The summed E-state index contributed by atoms with van der Waals surface area (Å²) in [7, 11) is 0. The second-order valence-electron chi connectivity index (χ2n) is 4.51. The number of rotatable bonds is 3. The molecule has 2 rings (SSSR count). The van der Waals surface area contributed by atoms with Crippen molar-refractivity contribution in [1.29, 1.82) is 0 Å². The zero-order valence-electron chi connectivity index (χ0n) is 7.76. The Morgan fingerprint density at radius 1 is 1.15 bits per heavy atom. The molecule has 2 aliphatic carbocycles. The van der Waals surface area contributed by atoms with Crippen molar-refractivity contribution in [2.24, 2.45) is 23.7 Å². The van der Waals surface area contributed by atoms with E-state index in [-0.39, 0.29) is 25.0 Å². The highest BCUT2D eigenvalue weighted by Gasteiger charge is 2.49. The lowest BCUT2D eigenvalue weighted by molar-refractivity contribution is -0.0140. The van der Waals surface area contributed by atoms with Gasteiger partial charge < -0.3 is 15.3 Å². The number of hydrogen-bond acceptors (Lipinski definition) is 3. The van der Waals surface area contributed by atoms with Crippen LogP contribution in [0.2, 0.25) is 0 Å². The molecule has 0 aromatic carbocycles. The lowest BCUT2D eigenvalue weighted by Gasteiger charge is -2.32. The van der Waals surface area contributed by atoms with Gasteiger partial charge in [-0.25, -0.2) is 0 Å². The molecule has 0 aromatic heterocycles. The SMILES string of the molecule is OCC(O)[C@H]1[C@H]2CC[C@H](C2)[C@H]1CO. The Balaban J connectivity index is 2.08. The van der Waals surface area contributed by atoms with Crippen LogP contribution in [0.5, 0.6) is 0 Å². The minimum atomic E-state index is -0.618. The van der Waals surface area contributed by atoms with Gasteiger partial charge in [0.05, 0.1) is 12.7 Å². The third kappa shape index (κ3) is 1.39. The molecule has 0 amide bonds. The fourth-order valence-electron chi connectivity index (χ4n) is 3.45. The highest BCUT2D eigenvalue weighted by Crippen LogP contribution is 2.53. The minimum Gasteiger partial charge on any atom is -0.396 e. The summed E-state index contributed by atoms with van der Waals surface area (Å²) in [6.45, 7) is 0.00722. The Morgan fingerprint density at radius 3 is 2.46 bits per heavy atom. The molecular weight excluding hydrogens is 168 g/mol. The fourth-order valence-corrected chi connectivity index (χ4v) is 3.45. The maximum atomic E-state index is 9.62. The summed E-state index contributed by atoms with van der Waals surface area (Å²) in [6, 6.07) is 0. The van der Waals surface area contributed by atoms with Crippen molar-refractivity contribution in [3.8, 4) is 0 Å². The molecule has 3 N–H and O–H groups in total. The van der Waals surface area contributed by atoms with Crippen molar-refractivity contribution in [1.82, 2.24) is 0 Å². The normalized spacial score (nSPS) is 45.5. The van der Waals surface area contributed by atoms with Crippen molar-refractivity contribution in [3.63, 3.8) is 0 Å². The van der Waals surface area contributed by atoms with E-state index >= 15 is 0 Å². The van der Waals surface area contributed by atoms with Crippen molar-refractivity contribution < 1.29 is 15.3 Å². The molecule has 2 saturated carbocycles. The Labute approximate surface area is 78.4 Å². The first-order valence-corrected chi connectivity index (χ1v) is 5.17. The van der Waals surface area contributed by atoms with Crippen LogP contribution in [0.1, 0.15) is 19.3 Å². The molecule has 3 nitrogen and oxygen atoms in total. The molecule has 76 valence electrons. The number of aliphatic hydroxyl groups is 3. The molecule has 5 atom stereocenters. The van der Waals surface area contributed by atoms with Gasteiger partial charge in [-0.15, -0.1) is 0 Å². The second kappa shape index (κ2) is 3.56. The van der Waals surface area contributed by atoms with Crippen LogP contribution in [0, 0.1) is 23.7 Å². The average Bonchev–Trinajstić information content (AvgIpc) is 2.74. The predicted octanol–water partition coefficient (Wildman–Crippen LogP) is -0.00580. The molecule has 0 heterocycles. The van der Waals surface area contributed by atoms with Gasteiger partial charge in [-0.1, -0.05) is 0 Å². The van der Waals surface area contributed by atoms with Gasteiger partial charge in [0.25, 0.3) is 0 Å². The summed E-state index contributed by atoms with van der Waals surface area (Å²) in [4.78, 5) is 0. The van der Waals surface area contributed by atoms with Crippen LogP contribution in [0.3, 0.4) is 0 Å². The van der Waals surface area contributed by atoms with Crippen LogP contribution in [-0.2, 0) is 0 Å². The summed E-state index contributed by atoms with van der Waals surface area (Å²) in [5.74, 6) is 1.53. The number of fused-ring (bicyclic) bond motifs is 2. The van der Waals surface area contributed by atoms with Crippen molar-refractivity contribution in [3.05, 3.63) is 0 Å². The second-order valence-corrected chi connectivity index (χ2v) is 4.51. The standard InChI is InChI=1S/C10H18O3/c11-4-8-6-1-2-7(3-6)10(8)9(13)5-12/h6-13H,1-5H2/t6-,7+,8-,9?,10+/m1/s1. The van der Waals surface area contributed by atoms with E-state index in [0.717, 1.165) is 6.42 Å². The van der Waals surface area contributed by atoms with Gasteiger partial charge in [0.2, 0.25) is 0 Å². The van der Waals surface area contributed by atoms with Crippen LogP contribution in [-0.4, -0.2) is 34.6 Å². The zero-order valence-corrected chi connectivity index (χ0v) is 7.76. The first kappa shape index (κ1) is 9.44. The lowest BCUT2D eigenvalue weighted by atomic mass is 9.77. The third-order valence-corrected chi connectivity index (χ3v) is 4.00. The topological polar surface area (TPSA) is 60.7 Å². The summed E-state index contributed by atoms with van der Waals surface area (Å²) in [6.07, 6.45) is 2.90. The van der Waals surface area contributed by atoms with Gasteiger partial charge in [-0.05, 0) is 42.9 Å². The van der Waals surface area contributed by atoms with Crippen LogP contribution in [0.25, 0.3) is 0 Å². The van der Waals surface area contributed by atoms with E-state index < -0.39 is 6.10 Å². The first-order valence-electron chi connectivity index (χ1n) is 5.17. The zero-order chi connectivity index (χ0) is 9.42. The van der Waals surface area contributed by atoms with E-state index in [1.165, 1.54) is 12.8 Å². The lowest BCUT2D eigenvalue weighted by Crippen LogP contribution is -2.36. The Kier molecular flexibility index (Phi) is 2.58. The molecule has 0 radical (unpaired) electrons. The quantitative estimate of drug-likeness (QED) is 0.581. The molecule has 0 saturated heterocycles. The Bertz CT molecular complexity index is 183. The van der Waals surface area contributed by atoms with Crippen LogP contribution >= 0.6 is 0 Å². The van der Waals surface area contributed by atoms with Crippen molar-refractivity contribution in [2.45, 2.75) is 25.4 Å². The van der Waals surface area contributed by atoms with Crippen molar-refractivity contribution in [2.75, 3.05) is 13.2 Å². The highest BCUT2D eigenvalue weighted by atomic mass is 16.3. The van der Waals surface area contributed by atoms with Gasteiger partial charge in [-0.3, -0.25) is 0 Å². The van der Waals surface area contributed by atoms with E-state index in [1.807, 2.05) is 0 Å². The van der Waals surface area contributed by atoms with Crippen LogP contribution in [0.15, 0.2) is 0 Å². The largest absolute Gasteiger partial charge is 0.396 e. The number of hydrogen-bond donors (Lipinski definition) is 3. The molecule has 13 heavy (non-hydrogen) atoms. The van der Waals surface area contributed by atoms with Crippen LogP contribution in [0.4, 0.5) is 0 Å². The Hall–Kier alpha value is -0.120. The molecule has 2 bridgehead atoms. The minimum absolute atomic E-state index is 0.147. The molecule has 0 aliphatic heterocycles. The highest BCUT2D eigenvalue weighted by molar-refractivity contribution is 4.98. The maximum Gasteiger partial charge on any atom is 0.0805 e. The Morgan fingerprint density at radius 2 is 1.85 bits per heavy atom. The monoisotopic (exact) mass is 186 g/mol. The third-order valence-electron chi connectivity index (χ3n) is 4.00. The molecule has 2 aliphatic rings. The molecule has 0 aromatic rings. The van der Waals surface area contributed by atoms with Crippen LogP contribution < -0.4 is 0 Å². The average molecular weight is 186 g/mol. The molecular formula is C10H18O3. The smallest absolute Gasteiger partial charge is 0.0805 e. The summed E-state index contributed by atoms with van der Waals surface area (Å²) in [5.41, 5.74) is 0.